The number of nitro groups is 1. The quantitative estimate of drug-likeness (QED) is 0.201. The zero-order chi connectivity index (χ0) is 22.4. The van der Waals surface area contributed by atoms with Gasteiger partial charge in [0.1, 0.15) is 0 Å². The molecule has 0 aromatic heterocycles. The lowest BCUT2D eigenvalue weighted by molar-refractivity contribution is -0.493. The monoisotopic (exact) mass is 425 g/mol. The maximum atomic E-state index is 11.8. The van der Waals surface area contributed by atoms with Crippen molar-refractivity contribution in [2.75, 3.05) is 14.2 Å². The van der Waals surface area contributed by atoms with E-state index >= 15 is 0 Å². The summed E-state index contributed by atoms with van der Waals surface area (Å²) in [5.41, 5.74) is 4.22. The Morgan fingerprint density at radius 3 is 2.42 bits per heavy atom. The molecule has 0 spiro atoms. The maximum absolute atomic E-state index is 11.8. The number of rotatable bonds is 10. The molecule has 0 N–H and O–H groups in total. The topological polar surface area (TPSA) is 64.6 Å². The third kappa shape index (κ3) is 4.89. The number of methoxy groups -OCH3 is 2. The highest BCUT2D eigenvalue weighted by molar-refractivity contribution is 6.00. The first-order valence-electron chi connectivity index (χ1n) is 11.2. The molecule has 0 saturated heterocycles. The molecule has 0 fully saturated rings. The van der Waals surface area contributed by atoms with Crippen molar-refractivity contribution in [2.24, 2.45) is 0 Å². The van der Waals surface area contributed by atoms with Crippen LogP contribution in [0.15, 0.2) is 36.4 Å². The first kappa shape index (κ1) is 22.8. The van der Waals surface area contributed by atoms with Crippen LogP contribution in [0.1, 0.15) is 63.5 Å². The van der Waals surface area contributed by atoms with Gasteiger partial charge in [-0.25, -0.2) is 0 Å². The van der Waals surface area contributed by atoms with Crippen LogP contribution < -0.4 is 9.47 Å². The second kappa shape index (κ2) is 10.4. The molecule has 2 aromatic rings. The average molecular weight is 426 g/mol. The maximum Gasteiger partial charge on any atom is 0.339 e. The Hall–Kier alpha value is -2.89. The van der Waals surface area contributed by atoms with Crippen LogP contribution in [-0.2, 0) is 6.42 Å². The summed E-state index contributed by atoms with van der Waals surface area (Å²) in [6.07, 6.45) is 7.50. The van der Waals surface area contributed by atoms with E-state index in [0.29, 0.717) is 11.4 Å². The van der Waals surface area contributed by atoms with Gasteiger partial charge in [-0.05, 0) is 31.0 Å². The van der Waals surface area contributed by atoms with E-state index in [2.05, 4.69) is 24.5 Å². The highest BCUT2D eigenvalue weighted by atomic mass is 16.6. The van der Waals surface area contributed by atoms with Crippen molar-refractivity contribution in [1.82, 2.24) is 0 Å². The first-order valence-corrected chi connectivity index (χ1v) is 11.2. The lowest BCUT2D eigenvalue weighted by atomic mass is 9.89. The summed E-state index contributed by atoms with van der Waals surface area (Å²) < 4.78 is 13.3. The van der Waals surface area contributed by atoms with Crippen LogP contribution >= 0.6 is 0 Å². The van der Waals surface area contributed by atoms with E-state index in [1.54, 1.807) is 26.4 Å². The fraction of sp³-hybridized carbons (Fsp3) is 0.480. The molecule has 1 aliphatic rings. The number of benzene rings is 2. The molecular formula is C25H33N2O4+. The lowest BCUT2D eigenvalue weighted by Crippen LogP contribution is -2.34. The molecule has 2 aromatic carbocycles. The van der Waals surface area contributed by atoms with Crippen LogP contribution in [0.5, 0.6) is 11.5 Å². The van der Waals surface area contributed by atoms with Gasteiger partial charge in [-0.1, -0.05) is 44.7 Å². The molecule has 6 heteroatoms. The molecule has 1 unspecified atom stereocenters. The van der Waals surface area contributed by atoms with Crippen molar-refractivity contribution >= 4 is 17.1 Å². The smallest absolute Gasteiger partial charge is 0.339 e. The van der Waals surface area contributed by atoms with Gasteiger partial charge in [-0.15, -0.1) is 0 Å². The third-order valence-corrected chi connectivity index (χ3v) is 6.02. The second-order valence-corrected chi connectivity index (χ2v) is 8.14. The van der Waals surface area contributed by atoms with Crippen LogP contribution in [0, 0.1) is 10.1 Å². The van der Waals surface area contributed by atoms with Crippen molar-refractivity contribution in [3.8, 4) is 11.5 Å². The minimum absolute atomic E-state index is 0.0948. The summed E-state index contributed by atoms with van der Waals surface area (Å²) in [5, 5.41) is 11.8. The predicted octanol–water partition coefficient (Wildman–Crippen LogP) is 6.05. The lowest BCUT2D eigenvalue weighted by Gasteiger charge is -2.24. The predicted molar refractivity (Wildman–Crippen MR) is 123 cm³/mol. The summed E-state index contributed by atoms with van der Waals surface area (Å²) in [5.74, 6) is 1.40. The highest BCUT2D eigenvalue weighted by Gasteiger charge is 2.37. The van der Waals surface area contributed by atoms with Crippen LogP contribution in [0.4, 0.5) is 11.4 Å². The molecule has 31 heavy (non-hydrogen) atoms. The van der Waals surface area contributed by atoms with Crippen molar-refractivity contribution in [3.63, 3.8) is 0 Å². The van der Waals surface area contributed by atoms with Gasteiger partial charge >= 0.3 is 5.69 Å². The fourth-order valence-electron chi connectivity index (χ4n) is 4.52. The number of unbranched alkanes of at least 4 members (excludes halogenated alkanes) is 4. The molecule has 1 heterocycles. The van der Waals surface area contributed by atoms with E-state index < -0.39 is 0 Å². The van der Waals surface area contributed by atoms with Gasteiger partial charge in [-0.3, -0.25) is 10.1 Å². The van der Waals surface area contributed by atoms with Gasteiger partial charge in [0.15, 0.2) is 23.3 Å². The molecule has 0 aliphatic carbocycles. The van der Waals surface area contributed by atoms with E-state index in [0.717, 1.165) is 42.7 Å². The van der Waals surface area contributed by atoms with Crippen molar-refractivity contribution in [2.45, 2.75) is 64.8 Å². The number of nitrogens with zero attached hydrogens (tertiary/aromatic N) is 2. The van der Waals surface area contributed by atoms with Gasteiger partial charge in [0.25, 0.3) is 5.69 Å². The average Bonchev–Trinajstić information content (AvgIpc) is 2.77. The number of hydrogen-bond acceptors (Lipinski definition) is 4. The van der Waals surface area contributed by atoms with E-state index in [1.165, 1.54) is 24.8 Å². The number of para-hydroxylation sites is 2. The molecule has 3 rings (SSSR count). The van der Waals surface area contributed by atoms with Crippen LogP contribution in [0.25, 0.3) is 0 Å². The molecule has 0 radical (unpaired) electrons. The molecule has 0 saturated carbocycles. The summed E-state index contributed by atoms with van der Waals surface area (Å²) in [6, 6.07) is 11.2. The SMILES string of the molecule is CCCCCCCC1=[N+](c2ccccc2[N+](=O)[O-])C(C)Cc2cc(OC)c(OC)cc21. The fourth-order valence-corrected chi connectivity index (χ4v) is 4.52. The van der Waals surface area contributed by atoms with Crippen LogP contribution in [0.3, 0.4) is 0 Å². The van der Waals surface area contributed by atoms with Gasteiger partial charge in [0, 0.05) is 30.5 Å². The molecule has 1 atom stereocenters. The molecular weight excluding hydrogens is 392 g/mol. The van der Waals surface area contributed by atoms with E-state index in [-0.39, 0.29) is 16.7 Å². The number of hydrogen-bond donors (Lipinski definition) is 0. The van der Waals surface area contributed by atoms with Gasteiger partial charge in [0.2, 0.25) is 0 Å². The zero-order valence-corrected chi connectivity index (χ0v) is 19.0. The third-order valence-electron chi connectivity index (χ3n) is 6.02. The summed E-state index contributed by atoms with van der Waals surface area (Å²) in [4.78, 5) is 11.5. The normalized spacial score (nSPS) is 15.5. The Morgan fingerprint density at radius 1 is 1.06 bits per heavy atom. The van der Waals surface area contributed by atoms with E-state index in [9.17, 15) is 10.1 Å². The summed E-state index contributed by atoms with van der Waals surface area (Å²) in [6.45, 7) is 4.34. The van der Waals surface area contributed by atoms with Crippen molar-refractivity contribution in [3.05, 3.63) is 57.6 Å². The molecule has 1 aliphatic heterocycles. The molecule has 0 bridgehead atoms. The minimum Gasteiger partial charge on any atom is -0.493 e. The van der Waals surface area contributed by atoms with Crippen molar-refractivity contribution in [1.29, 1.82) is 0 Å². The van der Waals surface area contributed by atoms with Gasteiger partial charge in [-0.2, -0.15) is 4.58 Å². The van der Waals surface area contributed by atoms with Crippen LogP contribution in [0.2, 0.25) is 0 Å². The zero-order valence-electron chi connectivity index (χ0n) is 19.0. The van der Waals surface area contributed by atoms with Crippen LogP contribution in [-0.4, -0.2) is 35.5 Å². The number of nitro benzene ring substituents is 1. The Balaban J connectivity index is 2.15. The van der Waals surface area contributed by atoms with Gasteiger partial charge < -0.3 is 9.47 Å². The minimum atomic E-state index is -0.287. The second-order valence-electron chi connectivity index (χ2n) is 8.14. The van der Waals surface area contributed by atoms with Crippen molar-refractivity contribution < 1.29 is 19.0 Å². The standard InChI is InChI=1S/C25H33N2O4/c1-5-6-7-8-9-12-21-20-17-25(31-4)24(30-3)16-19(20)15-18(2)26(21)22-13-10-11-14-23(22)27(28)29/h10-11,13-14,16-18H,5-9,12,15H2,1-4H3/q+1. The molecule has 166 valence electrons. The van der Waals surface area contributed by atoms with E-state index in [4.69, 9.17) is 9.47 Å². The Labute approximate surface area is 184 Å². The highest BCUT2D eigenvalue weighted by Crippen LogP contribution is 2.38. The number of ether oxygens (including phenoxy) is 2. The first-order chi connectivity index (χ1) is 15.0. The summed E-state index contributed by atoms with van der Waals surface area (Å²) in [7, 11) is 3.29. The van der Waals surface area contributed by atoms with E-state index in [1.807, 2.05) is 18.2 Å². The number of fused-ring (bicyclic) bond motifs is 1. The Morgan fingerprint density at radius 2 is 1.74 bits per heavy atom. The largest absolute Gasteiger partial charge is 0.493 e. The van der Waals surface area contributed by atoms with Gasteiger partial charge in [0.05, 0.1) is 19.1 Å². The Kier molecular flexibility index (Phi) is 7.66. The Bertz CT molecular complexity index is 968. The summed E-state index contributed by atoms with van der Waals surface area (Å²) >= 11 is 0. The molecule has 0 amide bonds. The molecule has 6 nitrogen and oxygen atoms in total.